The maximum atomic E-state index is 2.76. The van der Waals surface area contributed by atoms with Crippen LogP contribution in [0, 0.1) is 29.6 Å². The quantitative estimate of drug-likeness (QED) is 0.0345. The van der Waals surface area contributed by atoms with Gasteiger partial charge in [0.05, 0.1) is 0 Å². The second kappa shape index (κ2) is 62.0. The zero-order chi connectivity index (χ0) is 57.1. The van der Waals surface area contributed by atoms with Crippen molar-refractivity contribution >= 4 is 45.7 Å². The number of rotatable bonds is 38. The first-order valence-corrected chi connectivity index (χ1v) is 40.3. The van der Waals surface area contributed by atoms with Crippen LogP contribution in [-0.4, -0.2) is 32.4 Å². The van der Waals surface area contributed by atoms with Gasteiger partial charge in [-0.25, -0.2) is 6.23 Å². The van der Waals surface area contributed by atoms with E-state index in [0.717, 1.165) is 29.6 Å². The molecule has 2 rings (SSSR count). The lowest BCUT2D eigenvalue weighted by Gasteiger charge is -2.24. The Bertz CT molecular complexity index is 1180. The molecule has 0 aromatic rings. The molecule has 0 spiro atoms. The van der Waals surface area contributed by atoms with E-state index in [2.05, 4.69) is 72.7 Å². The summed E-state index contributed by atoms with van der Waals surface area (Å²) < 4.78 is 5.36. The minimum absolute atomic E-state index is 0.933. The zero-order valence-electron chi connectivity index (χ0n) is 55.6. The van der Waals surface area contributed by atoms with Gasteiger partial charge >= 0.3 is 0 Å². The van der Waals surface area contributed by atoms with Crippen molar-refractivity contribution in [2.24, 2.45) is 29.6 Å². The average Bonchev–Trinajstić information content (AvgIpc) is 3.54. The van der Waals surface area contributed by atoms with Crippen molar-refractivity contribution < 1.29 is 0 Å². The molecule has 0 bridgehead atoms. The number of nitrogens with zero attached hydrogens (tertiary/aromatic N) is 2. The third-order valence-corrected chi connectivity index (χ3v) is 22.2. The maximum absolute atomic E-state index is 2.76. The molecule has 2 aliphatic rings. The highest BCUT2D eigenvalue weighted by atomic mass is 127. The van der Waals surface area contributed by atoms with Crippen molar-refractivity contribution in [3.05, 3.63) is 0 Å². The van der Waals surface area contributed by atoms with E-state index in [0.29, 0.717) is 0 Å². The van der Waals surface area contributed by atoms with Gasteiger partial charge in [0, 0.05) is 71.9 Å². The lowest BCUT2D eigenvalue weighted by Crippen LogP contribution is -2.25. The van der Waals surface area contributed by atoms with Crippen molar-refractivity contribution in [3.63, 3.8) is 0 Å². The molecule has 0 saturated carbocycles. The van der Waals surface area contributed by atoms with Crippen molar-refractivity contribution in [2.75, 3.05) is 26.2 Å². The van der Waals surface area contributed by atoms with Crippen LogP contribution in [0.25, 0.3) is 0 Å². The molecule has 2 heterocycles. The van der Waals surface area contributed by atoms with Gasteiger partial charge < -0.3 is 0 Å². The Hall–Kier alpha value is 1.38. The number of hydrogen-bond acceptors (Lipinski definition) is 2. The van der Waals surface area contributed by atoms with Crippen LogP contribution < -0.4 is 0 Å². The van der Waals surface area contributed by atoms with Gasteiger partial charge in [-0.1, -0.05) is 393 Å². The van der Waals surface area contributed by atoms with Gasteiger partial charge in [-0.05, 0) is 68.1 Å². The molecule has 0 aromatic heterocycles. The molecule has 0 aliphatic carbocycles. The molecule has 0 aromatic carbocycles. The Morgan fingerprint density at radius 1 is 0.250 bits per heavy atom. The summed E-state index contributed by atoms with van der Waals surface area (Å²) in [4.78, 5) is 0. The molecule has 2 fully saturated rings. The van der Waals surface area contributed by atoms with Crippen LogP contribution in [0.4, 0.5) is 0 Å². The first-order valence-electron chi connectivity index (χ1n) is 38.3. The molecular weight excluding hydrogens is 1190 g/mol. The Morgan fingerprint density at radius 3 is 0.887 bits per heavy atom. The Labute approximate surface area is 535 Å². The normalized spacial score (nSPS) is 22.6. The van der Waals surface area contributed by atoms with Crippen LogP contribution in [0.3, 0.4) is 0 Å². The second-order valence-corrected chi connectivity index (χ2v) is 31.0. The summed E-state index contributed by atoms with van der Waals surface area (Å²) in [5.74, 6) is 4.88. The predicted molar refractivity (Wildman–Crippen MR) is 381 cm³/mol. The van der Waals surface area contributed by atoms with Crippen LogP contribution in [0.1, 0.15) is 432 Å². The minimum atomic E-state index is 0.933. The van der Waals surface area contributed by atoms with Gasteiger partial charge in [0.15, 0.2) is 0 Å². The molecule has 0 N–H and O–H groups in total. The second-order valence-electron chi connectivity index (χ2n) is 28.3. The fourth-order valence-corrected chi connectivity index (χ4v) is 16.8. The first kappa shape index (κ1) is 77.5. The number of unbranched alkanes of at least 4 members (excludes halogenated alkanes) is 24. The van der Waals surface area contributed by atoms with E-state index >= 15 is 0 Å². The van der Waals surface area contributed by atoms with Crippen LogP contribution in [0.5, 0.6) is 0 Å². The number of halogens is 2. The highest BCUT2D eigenvalue weighted by Gasteiger charge is 2.21. The molecule has 2 saturated heterocycles. The standard InChI is InChI=1S/C76H150I2N2/c1-4-7-10-12-14-16-17-18-19-24-31-37-45-62-75-64-50-51-65-76(71-80(78)70-75)63-49-48-61-72(56-42-34-28-15-13-11-8-5-2)59-46-40-47-60-74-58-44-36-29-23-20-21-26-32-38-52-68-79(77)69-53-39-33-27-22-25-30-35-43-57-73(66-54-67-74)55-41-9-6-3/h72-76H,4-71H2,1-3H3. The third kappa shape index (κ3) is 52.5. The highest BCUT2D eigenvalue weighted by molar-refractivity contribution is 14.1. The smallest absolute Gasteiger partial charge is 0.0201 e. The lowest BCUT2D eigenvalue weighted by atomic mass is 9.85. The van der Waals surface area contributed by atoms with Crippen LogP contribution in [-0.2, 0) is 0 Å². The van der Waals surface area contributed by atoms with Crippen molar-refractivity contribution in [1.29, 1.82) is 0 Å². The van der Waals surface area contributed by atoms with Crippen LogP contribution >= 0.6 is 45.7 Å². The SMILES string of the molecule is CCCCCCCCCCCCCCCC1CCCCC(CCCCC(CCCCCCCCCC)CCCCCC2CCCCCCCCCCCCN(I)CCCCCCCCCCCC(CCCCC)CCC2)CN(I)C1. The fourth-order valence-electron chi connectivity index (χ4n) is 15.0. The lowest BCUT2D eigenvalue weighted by molar-refractivity contribution is 0.307. The topological polar surface area (TPSA) is 6.48 Å². The Balaban J connectivity index is 1.83. The van der Waals surface area contributed by atoms with Gasteiger partial charge in [-0.2, -0.15) is 0 Å². The summed E-state index contributed by atoms with van der Waals surface area (Å²) in [6.07, 6.45) is 94.9. The molecule has 478 valence electrons. The van der Waals surface area contributed by atoms with E-state index in [1.54, 1.807) is 0 Å². The predicted octanol–water partition coefficient (Wildman–Crippen LogP) is 28.4. The van der Waals surface area contributed by atoms with Crippen molar-refractivity contribution in [2.45, 2.75) is 432 Å². The van der Waals surface area contributed by atoms with Gasteiger partial charge in [0.1, 0.15) is 0 Å². The molecule has 80 heavy (non-hydrogen) atoms. The van der Waals surface area contributed by atoms with Crippen LogP contribution in [0.2, 0.25) is 0 Å². The van der Waals surface area contributed by atoms with Crippen LogP contribution in [0.15, 0.2) is 0 Å². The van der Waals surface area contributed by atoms with E-state index in [-0.39, 0.29) is 0 Å². The van der Waals surface area contributed by atoms with E-state index in [9.17, 15) is 0 Å². The van der Waals surface area contributed by atoms with Crippen molar-refractivity contribution in [1.82, 2.24) is 6.23 Å². The maximum Gasteiger partial charge on any atom is 0.0201 e. The van der Waals surface area contributed by atoms with E-state index in [4.69, 9.17) is 0 Å². The van der Waals surface area contributed by atoms with Gasteiger partial charge in [-0.3, -0.25) is 0 Å². The van der Waals surface area contributed by atoms with E-state index in [1.165, 1.54) is 437 Å². The Morgan fingerprint density at radius 2 is 0.487 bits per heavy atom. The summed E-state index contributed by atoms with van der Waals surface area (Å²) in [7, 11) is 0. The highest BCUT2D eigenvalue weighted by Crippen LogP contribution is 2.32. The molecular formula is C76H150I2N2. The molecule has 0 radical (unpaired) electrons. The minimum Gasteiger partial charge on any atom is -0.248 e. The summed E-state index contributed by atoms with van der Waals surface area (Å²) in [5, 5.41) is 0. The number of hydrogen-bond donors (Lipinski definition) is 0. The van der Waals surface area contributed by atoms with Crippen molar-refractivity contribution in [3.8, 4) is 0 Å². The third-order valence-electron chi connectivity index (χ3n) is 20.5. The monoisotopic (exact) mass is 1340 g/mol. The average molecular weight is 1350 g/mol. The summed E-state index contributed by atoms with van der Waals surface area (Å²) in [5.41, 5.74) is 0. The van der Waals surface area contributed by atoms with E-state index < -0.39 is 0 Å². The summed E-state index contributed by atoms with van der Waals surface area (Å²) in [6.45, 7) is 12.4. The zero-order valence-corrected chi connectivity index (χ0v) is 59.9. The fraction of sp³-hybridized carbons (Fsp3) is 1.00. The first-order chi connectivity index (χ1) is 39.5. The molecule has 5 atom stereocenters. The summed E-state index contributed by atoms with van der Waals surface area (Å²) >= 11 is 5.36. The Kier molecular flexibility index (Phi) is 60.0. The van der Waals surface area contributed by atoms with E-state index in [1.807, 2.05) is 0 Å². The van der Waals surface area contributed by atoms with Gasteiger partial charge in [0.2, 0.25) is 0 Å². The molecule has 2 aliphatic heterocycles. The molecule has 0 amide bonds. The molecule has 5 unspecified atom stereocenters. The molecule has 2 nitrogen and oxygen atoms in total. The summed E-state index contributed by atoms with van der Waals surface area (Å²) in [6, 6.07) is 0. The van der Waals surface area contributed by atoms with Gasteiger partial charge in [0.25, 0.3) is 0 Å². The molecule has 4 heteroatoms. The van der Waals surface area contributed by atoms with Gasteiger partial charge in [-0.15, -0.1) is 0 Å². The largest absolute Gasteiger partial charge is 0.248 e.